The zero-order chi connectivity index (χ0) is 27.7. The van der Waals surface area contributed by atoms with Crippen LogP contribution in [-0.4, -0.2) is 47.8 Å². The van der Waals surface area contributed by atoms with Crippen molar-refractivity contribution in [1.82, 2.24) is 0 Å². The molecular formula is C29H42O8. The van der Waals surface area contributed by atoms with Gasteiger partial charge in [0.1, 0.15) is 6.10 Å². The second-order valence-electron chi connectivity index (χ2n) is 11.2. The second-order valence-corrected chi connectivity index (χ2v) is 11.2. The topological polar surface area (TPSA) is 108 Å². The smallest absolute Gasteiger partial charge is 0.333 e. The molecule has 206 valence electrons. The molecule has 0 aromatic heterocycles. The van der Waals surface area contributed by atoms with Crippen LogP contribution in [0.25, 0.3) is 0 Å². The Morgan fingerprint density at radius 2 is 1.70 bits per heavy atom. The van der Waals surface area contributed by atoms with Gasteiger partial charge in [-0.15, -0.1) is 0 Å². The molecule has 1 saturated heterocycles. The van der Waals surface area contributed by atoms with Gasteiger partial charge in [0.05, 0.1) is 11.5 Å². The zero-order valence-corrected chi connectivity index (χ0v) is 23.1. The molecule has 1 aliphatic heterocycles. The molecule has 0 aromatic carbocycles. The molecule has 8 nitrogen and oxygen atoms in total. The Morgan fingerprint density at radius 3 is 2.27 bits per heavy atom. The van der Waals surface area contributed by atoms with Crippen molar-refractivity contribution in [2.45, 2.75) is 98.9 Å². The summed E-state index contributed by atoms with van der Waals surface area (Å²) in [5.41, 5.74) is 0.111. The summed E-state index contributed by atoms with van der Waals surface area (Å²) in [7, 11) is 0. The number of aliphatic hydroxyl groups excluding tert-OH is 1. The van der Waals surface area contributed by atoms with E-state index in [9.17, 15) is 19.5 Å². The van der Waals surface area contributed by atoms with E-state index in [0.717, 1.165) is 5.57 Å². The Bertz CT molecular complexity index is 982. The summed E-state index contributed by atoms with van der Waals surface area (Å²) in [5.74, 6) is -2.24. The lowest BCUT2D eigenvalue weighted by Gasteiger charge is -2.62. The quantitative estimate of drug-likeness (QED) is 0.225. The highest BCUT2D eigenvalue weighted by atomic mass is 16.8. The van der Waals surface area contributed by atoms with E-state index >= 15 is 0 Å². The van der Waals surface area contributed by atoms with Gasteiger partial charge in [-0.25, -0.2) is 4.79 Å². The molecule has 2 aliphatic carbocycles. The molecule has 2 unspecified atom stereocenters. The maximum atomic E-state index is 12.8. The van der Waals surface area contributed by atoms with Crippen LogP contribution in [-0.2, 0) is 33.3 Å². The first kappa shape index (κ1) is 29.1. The third-order valence-electron chi connectivity index (χ3n) is 9.10. The van der Waals surface area contributed by atoms with Crippen molar-refractivity contribution in [2.75, 3.05) is 0 Å². The van der Waals surface area contributed by atoms with Gasteiger partial charge in [0, 0.05) is 25.3 Å². The Labute approximate surface area is 220 Å². The zero-order valence-electron chi connectivity index (χ0n) is 23.1. The number of carbonyl (C=O) groups is 3. The predicted molar refractivity (Wildman–Crippen MR) is 137 cm³/mol. The molecule has 0 bridgehead atoms. The highest BCUT2D eigenvalue weighted by molar-refractivity contribution is 5.87. The standard InChI is InChI=1S/C29H42O8/c1-9-16(3)11-12-28(8)18(5)13-24(32)29-22(26(34-19(6)30)37-27(29)35-20(7)31)14-21(15-23(28)29)36-25(33)17(4)10-2/h9-11,18,21-24,26-27,32H,1,12-15H2,2-8H3/b16-11+,17-10+/t18-,21-,22+,23+,24?,26+,27-,28-,29?/m0/s1. The molecule has 0 radical (unpaired) electrons. The predicted octanol–water partition coefficient (Wildman–Crippen LogP) is 4.62. The summed E-state index contributed by atoms with van der Waals surface area (Å²) >= 11 is 0. The van der Waals surface area contributed by atoms with Gasteiger partial charge >= 0.3 is 17.9 Å². The van der Waals surface area contributed by atoms with Gasteiger partial charge in [-0.1, -0.05) is 44.2 Å². The number of hydrogen-bond acceptors (Lipinski definition) is 8. The highest BCUT2D eigenvalue weighted by Gasteiger charge is 2.73. The third-order valence-corrected chi connectivity index (χ3v) is 9.10. The largest absolute Gasteiger partial charge is 0.459 e. The van der Waals surface area contributed by atoms with Crippen LogP contribution in [0, 0.1) is 28.6 Å². The van der Waals surface area contributed by atoms with Crippen LogP contribution in [0.2, 0.25) is 0 Å². The van der Waals surface area contributed by atoms with E-state index in [1.165, 1.54) is 13.8 Å². The van der Waals surface area contributed by atoms with E-state index in [2.05, 4.69) is 26.5 Å². The average Bonchev–Trinajstić information content (AvgIpc) is 3.12. The third kappa shape index (κ3) is 5.28. The summed E-state index contributed by atoms with van der Waals surface area (Å²) in [6, 6.07) is 0. The Balaban J connectivity index is 2.18. The van der Waals surface area contributed by atoms with Crippen LogP contribution in [0.4, 0.5) is 0 Å². The summed E-state index contributed by atoms with van der Waals surface area (Å²) in [4.78, 5) is 37.0. The average molecular weight is 519 g/mol. The van der Waals surface area contributed by atoms with Gasteiger partial charge in [-0.05, 0) is 63.7 Å². The van der Waals surface area contributed by atoms with Crippen molar-refractivity contribution in [1.29, 1.82) is 0 Å². The van der Waals surface area contributed by atoms with Gasteiger partial charge in [0.25, 0.3) is 0 Å². The molecule has 1 N–H and O–H groups in total. The number of aliphatic hydroxyl groups is 1. The fourth-order valence-corrected chi connectivity index (χ4v) is 6.78. The lowest BCUT2D eigenvalue weighted by molar-refractivity contribution is -0.263. The van der Waals surface area contributed by atoms with E-state index in [1.807, 2.05) is 6.92 Å². The molecule has 9 atom stereocenters. The highest BCUT2D eigenvalue weighted by Crippen LogP contribution is 2.68. The fraction of sp³-hybridized carbons (Fsp3) is 0.690. The first-order valence-electron chi connectivity index (χ1n) is 13.1. The molecule has 3 fully saturated rings. The molecule has 0 aromatic rings. The lowest BCUT2D eigenvalue weighted by Crippen LogP contribution is -2.66. The van der Waals surface area contributed by atoms with Crippen molar-refractivity contribution in [3.05, 3.63) is 36.0 Å². The molecule has 3 rings (SSSR count). The van der Waals surface area contributed by atoms with E-state index in [4.69, 9.17) is 18.9 Å². The number of allylic oxidation sites excluding steroid dienone is 4. The van der Waals surface area contributed by atoms with Gasteiger partial charge in [0.15, 0.2) is 0 Å². The molecular weight excluding hydrogens is 476 g/mol. The summed E-state index contributed by atoms with van der Waals surface area (Å²) < 4.78 is 23.4. The van der Waals surface area contributed by atoms with Crippen molar-refractivity contribution >= 4 is 17.9 Å². The minimum absolute atomic E-state index is 0.0881. The van der Waals surface area contributed by atoms with Crippen LogP contribution in [0.3, 0.4) is 0 Å². The molecule has 0 amide bonds. The Morgan fingerprint density at radius 1 is 1.05 bits per heavy atom. The van der Waals surface area contributed by atoms with Gasteiger partial charge in [-0.3, -0.25) is 9.59 Å². The van der Waals surface area contributed by atoms with Gasteiger partial charge in [-0.2, -0.15) is 0 Å². The van der Waals surface area contributed by atoms with Crippen molar-refractivity contribution < 1.29 is 38.4 Å². The SMILES string of the molecule is C=C/C(C)=C/C[C@@]1(C)[C@@H](C)CC(O)C23[C@@H](OC(C)=O)O[C@@H](OC(C)=O)[C@H]2C[C@H](OC(=O)/C(C)=C/C)C[C@@H]31. The number of hydrogen-bond donors (Lipinski definition) is 1. The molecule has 1 spiro atoms. The number of esters is 3. The van der Waals surface area contributed by atoms with Crippen molar-refractivity contribution in [3.63, 3.8) is 0 Å². The van der Waals surface area contributed by atoms with Crippen LogP contribution in [0.15, 0.2) is 36.0 Å². The van der Waals surface area contributed by atoms with Crippen LogP contribution < -0.4 is 0 Å². The number of rotatable bonds is 7. The van der Waals surface area contributed by atoms with Gasteiger partial charge in [0.2, 0.25) is 12.6 Å². The normalized spacial score (nSPS) is 39.7. The summed E-state index contributed by atoms with van der Waals surface area (Å²) in [6.45, 7) is 16.2. The summed E-state index contributed by atoms with van der Waals surface area (Å²) in [6.07, 6.45) is 3.99. The Kier molecular flexibility index (Phi) is 8.75. The number of carbonyl (C=O) groups excluding carboxylic acids is 3. The van der Waals surface area contributed by atoms with E-state index in [0.29, 0.717) is 31.3 Å². The van der Waals surface area contributed by atoms with Crippen molar-refractivity contribution in [3.8, 4) is 0 Å². The molecule has 1 heterocycles. The minimum atomic E-state index is -1.11. The minimum Gasteiger partial charge on any atom is -0.459 e. The second kappa shape index (κ2) is 11.1. The number of ether oxygens (including phenoxy) is 4. The molecule has 8 heteroatoms. The van der Waals surface area contributed by atoms with Gasteiger partial charge < -0.3 is 24.1 Å². The van der Waals surface area contributed by atoms with E-state index < -0.39 is 54.0 Å². The van der Waals surface area contributed by atoms with E-state index in [1.54, 1.807) is 26.0 Å². The molecule has 2 saturated carbocycles. The van der Waals surface area contributed by atoms with Crippen LogP contribution in [0.5, 0.6) is 0 Å². The Hall–Kier alpha value is -2.45. The fourth-order valence-electron chi connectivity index (χ4n) is 6.78. The maximum absolute atomic E-state index is 12.8. The van der Waals surface area contributed by atoms with E-state index in [-0.39, 0.29) is 17.3 Å². The van der Waals surface area contributed by atoms with Crippen LogP contribution in [0.1, 0.15) is 74.1 Å². The lowest BCUT2D eigenvalue weighted by atomic mass is 9.43. The maximum Gasteiger partial charge on any atom is 0.333 e. The monoisotopic (exact) mass is 518 g/mol. The molecule has 37 heavy (non-hydrogen) atoms. The van der Waals surface area contributed by atoms with Crippen molar-refractivity contribution in [2.24, 2.45) is 28.6 Å². The molecule has 3 aliphatic rings. The first-order valence-corrected chi connectivity index (χ1v) is 13.1. The summed E-state index contributed by atoms with van der Waals surface area (Å²) in [5, 5.41) is 11.8. The van der Waals surface area contributed by atoms with Crippen LogP contribution >= 0.6 is 0 Å². The first-order chi connectivity index (χ1) is 17.3.